The van der Waals surface area contributed by atoms with E-state index >= 15 is 0 Å². The first-order chi connectivity index (χ1) is 19.7. The third-order valence-electron chi connectivity index (χ3n) is 7.18. The summed E-state index contributed by atoms with van der Waals surface area (Å²) in [4.78, 5) is 17.8. The highest BCUT2D eigenvalue weighted by Gasteiger charge is 2.37. The largest absolute Gasteiger partial charge is 0.364 e. The average molecular weight is 573 g/mol. The molecule has 1 aromatic heterocycles. The van der Waals surface area contributed by atoms with E-state index in [1.54, 1.807) is 42.9 Å². The minimum atomic E-state index is -4.13. The maximum atomic E-state index is 14.9. The Balaban J connectivity index is 1.57. The quantitative estimate of drug-likeness (QED) is 0.339. The zero-order chi connectivity index (χ0) is 29.1. The lowest BCUT2D eigenvalue weighted by Gasteiger charge is -2.41. The second kappa shape index (κ2) is 11.5. The molecule has 0 spiro atoms. The number of anilines is 2. The lowest BCUT2D eigenvalue weighted by Crippen LogP contribution is -2.50. The van der Waals surface area contributed by atoms with Crippen molar-refractivity contribution in [3.05, 3.63) is 107 Å². The fourth-order valence-corrected chi connectivity index (χ4v) is 6.72. The van der Waals surface area contributed by atoms with Crippen LogP contribution in [0, 0.1) is 17.1 Å². The molecular weight excluding hydrogens is 543 g/mol. The number of carbonyl (C=O) groups excluding carboxylic acids is 1. The van der Waals surface area contributed by atoms with E-state index in [9.17, 15) is 22.9 Å². The number of fused-ring (bicyclic) bond motifs is 1. The van der Waals surface area contributed by atoms with Crippen LogP contribution in [0.15, 0.2) is 84.1 Å². The van der Waals surface area contributed by atoms with Gasteiger partial charge in [0, 0.05) is 56.2 Å². The van der Waals surface area contributed by atoms with E-state index in [2.05, 4.69) is 21.3 Å². The topological polar surface area (TPSA) is 111 Å². The van der Waals surface area contributed by atoms with Crippen molar-refractivity contribution < 1.29 is 17.6 Å². The molecule has 1 aliphatic heterocycles. The van der Waals surface area contributed by atoms with Crippen LogP contribution in [0.2, 0.25) is 0 Å². The minimum absolute atomic E-state index is 0.0256. The van der Waals surface area contributed by atoms with Crippen LogP contribution >= 0.6 is 0 Å². The summed E-state index contributed by atoms with van der Waals surface area (Å²) in [5, 5.41) is 12.2. The molecule has 3 aromatic carbocycles. The van der Waals surface area contributed by atoms with Crippen molar-refractivity contribution in [1.29, 1.82) is 5.26 Å². The van der Waals surface area contributed by atoms with E-state index in [0.717, 1.165) is 16.9 Å². The SMILES string of the molecule is CC(=O)Nc1ccc(S(=O)(=O)N(Cc2ccccc2F)C2Cc3cc(C#N)ccc3N(Cc3cncn3C)C2)cc1. The maximum absolute atomic E-state index is 14.9. The standard InChI is InChI=1S/C30H29FN6O3S/c1-21(38)34-25-8-10-28(11-9-25)41(39,40)37(17-23-5-3-4-6-29(23)31)26-14-24-13-22(15-32)7-12-30(24)36(18-26)19-27-16-33-20-35(27)2/h3-13,16,20,26H,14,17-19H2,1-2H3,(H,34,38). The lowest BCUT2D eigenvalue weighted by atomic mass is 9.95. The van der Waals surface area contributed by atoms with Crippen molar-refractivity contribution in [1.82, 2.24) is 13.9 Å². The fraction of sp³-hybridized carbons (Fsp3) is 0.233. The number of hydrogen-bond acceptors (Lipinski definition) is 6. The van der Waals surface area contributed by atoms with Gasteiger partial charge in [-0.3, -0.25) is 4.79 Å². The second-order valence-corrected chi connectivity index (χ2v) is 11.9. The Morgan fingerprint density at radius 3 is 2.59 bits per heavy atom. The van der Waals surface area contributed by atoms with E-state index < -0.39 is 21.9 Å². The highest BCUT2D eigenvalue weighted by atomic mass is 32.2. The summed E-state index contributed by atoms with van der Waals surface area (Å²) in [6, 6.07) is 19.1. The Labute approximate surface area is 238 Å². The first-order valence-corrected chi connectivity index (χ1v) is 14.5. The summed E-state index contributed by atoms with van der Waals surface area (Å²) >= 11 is 0. The molecule has 1 unspecified atom stereocenters. The monoisotopic (exact) mass is 572 g/mol. The normalized spacial score (nSPS) is 14.9. The molecular formula is C30H29FN6O3S. The number of hydrogen-bond donors (Lipinski definition) is 1. The van der Waals surface area contributed by atoms with Crippen LogP contribution in [-0.4, -0.2) is 40.8 Å². The second-order valence-electron chi connectivity index (χ2n) is 10.0. The first kappa shape index (κ1) is 28.0. The van der Waals surface area contributed by atoms with Crippen molar-refractivity contribution in [3.8, 4) is 6.07 Å². The number of benzene rings is 3. The molecule has 1 amide bonds. The van der Waals surface area contributed by atoms with Crippen molar-refractivity contribution in [2.75, 3.05) is 16.8 Å². The van der Waals surface area contributed by atoms with Crippen molar-refractivity contribution in [3.63, 3.8) is 0 Å². The van der Waals surface area contributed by atoms with Gasteiger partial charge in [0.1, 0.15) is 5.82 Å². The number of halogens is 1. The molecule has 11 heteroatoms. The number of carbonyl (C=O) groups is 1. The van der Waals surface area contributed by atoms with Gasteiger partial charge in [-0.25, -0.2) is 17.8 Å². The van der Waals surface area contributed by atoms with E-state index in [0.29, 0.717) is 30.8 Å². The first-order valence-electron chi connectivity index (χ1n) is 13.0. The van der Waals surface area contributed by atoms with Crippen molar-refractivity contribution in [2.45, 2.75) is 37.4 Å². The van der Waals surface area contributed by atoms with Crippen LogP contribution < -0.4 is 10.2 Å². The van der Waals surface area contributed by atoms with Gasteiger partial charge in [0.25, 0.3) is 0 Å². The molecule has 4 aromatic rings. The van der Waals surface area contributed by atoms with Gasteiger partial charge >= 0.3 is 0 Å². The maximum Gasteiger partial charge on any atom is 0.243 e. The summed E-state index contributed by atoms with van der Waals surface area (Å²) in [6.45, 7) is 1.99. The van der Waals surface area contributed by atoms with E-state index in [-0.39, 0.29) is 22.9 Å². The molecule has 9 nitrogen and oxygen atoms in total. The highest BCUT2D eigenvalue weighted by molar-refractivity contribution is 7.89. The summed E-state index contributed by atoms with van der Waals surface area (Å²) < 4.78 is 46.6. The minimum Gasteiger partial charge on any atom is -0.364 e. The molecule has 1 aliphatic rings. The number of aryl methyl sites for hydroxylation is 1. The summed E-state index contributed by atoms with van der Waals surface area (Å²) in [7, 11) is -2.24. The number of imidazole rings is 1. The Bertz CT molecular complexity index is 1730. The van der Waals surface area contributed by atoms with E-state index in [1.807, 2.05) is 17.7 Å². The third kappa shape index (κ3) is 5.99. The number of nitriles is 1. The van der Waals surface area contributed by atoms with Crippen LogP contribution in [0.25, 0.3) is 0 Å². The molecule has 0 saturated carbocycles. The molecule has 0 radical (unpaired) electrons. The molecule has 0 aliphatic carbocycles. The average Bonchev–Trinajstić information content (AvgIpc) is 3.35. The van der Waals surface area contributed by atoms with Gasteiger partial charge in [-0.05, 0) is 60.5 Å². The van der Waals surface area contributed by atoms with E-state index in [4.69, 9.17) is 0 Å². The molecule has 5 rings (SSSR count). The van der Waals surface area contributed by atoms with Gasteiger partial charge < -0.3 is 14.8 Å². The summed E-state index contributed by atoms with van der Waals surface area (Å²) in [5.41, 5.74) is 3.86. The van der Waals surface area contributed by atoms with Crippen LogP contribution in [0.4, 0.5) is 15.8 Å². The van der Waals surface area contributed by atoms with Crippen LogP contribution in [-0.2, 0) is 41.4 Å². The fourth-order valence-electron chi connectivity index (χ4n) is 5.13. The molecule has 41 heavy (non-hydrogen) atoms. The highest BCUT2D eigenvalue weighted by Crippen LogP contribution is 2.34. The number of amides is 1. The number of aromatic nitrogens is 2. The van der Waals surface area contributed by atoms with Crippen LogP contribution in [0.5, 0.6) is 0 Å². The Morgan fingerprint density at radius 1 is 1.17 bits per heavy atom. The Hall–Kier alpha value is -4.53. The third-order valence-corrected chi connectivity index (χ3v) is 9.09. The van der Waals surface area contributed by atoms with Gasteiger partial charge in [0.05, 0.1) is 35.1 Å². The summed E-state index contributed by atoms with van der Waals surface area (Å²) in [6.07, 6.45) is 3.80. The van der Waals surface area contributed by atoms with Gasteiger partial charge in [-0.15, -0.1) is 0 Å². The predicted molar refractivity (Wildman–Crippen MR) is 153 cm³/mol. The molecule has 210 valence electrons. The molecule has 1 N–H and O–H groups in total. The van der Waals surface area contributed by atoms with Crippen molar-refractivity contribution in [2.24, 2.45) is 7.05 Å². The molecule has 1 atom stereocenters. The molecule has 0 saturated heterocycles. The Morgan fingerprint density at radius 2 is 1.93 bits per heavy atom. The zero-order valence-electron chi connectivity index (χ0n) is 22.7. The van der Waals surface area contributed by atoms with Crippen LogP contribution in [0.3, 0.4) is 0 Å². The molecule has 0 bridgehead atoms. The number of nitrogens with zero attached hydrogens (tertiary/aromatic N) is 5. The van der Waals surface area contributed by atoms with Crippen molar-refractivity contribution >= 4 is 27.3 Å². The van der Waals surface area contributed by atoms with Gasteiger partial charge in [0.15, 0.2) is 0 Å². The predicted octanol–water partition coefficient (Wildman–Crippen LogP) is 4.21. The lowest BCUT2D eigenvalue weighted by molar-refractivity contribution is -0.114. The molecule has 0 fully saturated rings. The van der Waals surface area contributed by atoms with Gasteiger partial charge in [-0.1, -0.05) is 18.2 Å². The molecule has 2 heterocycles. The number of sulfonamides is 1. The van der Waals surface area contributed by atoms with Gasteiger partial charge in [-0.2, -0.15) is 9.57 Å². The van der Waals surface area contributed by atoms with Gasteiger partial charge in [0.2, 0.25) is 15.9 Å². The number of nitrogens with one attached hydrogen (secondary N) is 1. The zero-order valence-corrected chi connectivity index (χ0v) is 23.5. The van der Waals surface area contributed by atoms with Crippen LogP contribution in [0.1, 0.15) is 29.3 Å². The van der Waals surface area contributed by atoms with E-state index in [1.165, 1.54) is 41.6 Å². The summed E-state index contributed by atoms with van der Waals surface area (Å²) in [5.74, 6) is -0.767. The Kier molecular flexibility index (Phi) is 7.88. The smallest absolute Gasteiger partial charge is 0.243 e. The number of rotatable bonds is 8.